The van der Waals surface area contributed by atoms with Crippen molar-refractivity contribution in [3.05, 3.63) is 0 Å². The minimum atomic E-state index is -0.659. The van der Waals surface area contributed by atoms with Gasteiger partial charge < -0.3 is 0 Å². The summed E-state index contributed by atoms with van der Waals surface area (Å²) in [5, 5.41) is 0. The highest BCUT2D eigenvalue weighted by molar-refractivity contribution is 6.86. The summed E-state index contributed by atoms with van der Waals surface area (Å²) in [5.74, 6) is 0. The zero-order valence-electron chi connectivity index (χ0n) is 6.78. The molecule has 0 aliphatic carbocycles. The van der Waals surface area contributed by atoms with Crippen molar-refractivity contribution in [2.75, 3.05) is 0 Å². The molecule has 0 spiro atoms. The summed E-state index contributed by atoms with van der Waals surface area (Å²) in [6, 6.07) is 0. The molecule has 0 bridgehead atoms. The molecule has 0 aromatic rings. The van der Waals surface area contributed by atoms with Crippen LogP contribution >= 0.6 is 0 Å². The Labute approximate surface area is 55.9 Å². The molecule has 50 valence electrons. The molecule has 0 rings (SSSR count). The van der Waals surface area contributed by atoms with Gasteiger partial charge in [0.1, 0.15) is 0 Å². The van der Waals surface area contributed by atoms with E-state index in [2.05, 4.69) is 32.7 Å². The smallest absolute Gasteiger partial charge is 0.0413 e. The molecule has 0 aliphatic heterocycles. The van der Waals surface area contributed by atoms with Gasteiger partial charge in [0.25, 0.3) is 0 Å². The Balaban J connectivity index is 3.39. The molecular weight excluding hydrogens is 128 g/mol. The molecule has 0 saturated carbocycles. The standard InChI is InChI=1S/C6H18Si2/c1-7(2)6-8(3,4)5/h7H,6H2,1-5H3. The quantitative estimate of drug-likeness (QED) is 0.525. The summed E-state index contributed by atoms with van der Waals surface area (Å²) >= 11 is 0. The lowest BCUT2D eigenvalue weighted by molar-refractivity contribution is 1.59. The fraction of sp³-hybridized carbons (Fsp3) is 1.00. The third-order valence-electron chi connectivity index (χ3n) is 1.02. The van der Waals surface area contributed by atoms with Gasteiger partial charge in [-0.1, -0.05) is 38.4 Å². The summed E-state index contributed by atoms with van der Waals surface area (Å²) in [5.41, 5.74) is 1.60. The van der Waals surface area contributed by atoms with E-state index in [4.69, 9.17) is 0 Å². The average Bonchev–Trinajstić information content (AvgIpc) is 1.21. The van der Waals surface area contributed by atoms with Gasteiger partial charge in [0.15, 0.2) is 0 Å². The van der Waals surface area contributed by atoms with Crippen molar-refractivity contribution in [3.8, 4) is 0 Å². The highest BCUT2D eigenvalue weighted by atomic mass is 28.4. The first-order chi connectivity index (χ1) is 3.42. The second-order valence-electron chi connectivity index (χ2n) is 4.16. The lowest BCUT2D eigenvalue weighted by Gasteiger charge is -2.16. The minimum Gasteiger partial charge on any atom is -0.0724 e. The predicted molar refractivity (Wildman–Crippen MR) is 47.0 cm³/mol. The van der Waals surface area contributed by atoms with Crippen LogP contribution in [0, 0.1) is 0 Å². The lowest BCUT2D eigenvalue weighted by atomic mass is 11.7. The van der Waals surface area contributed by atoms with Gasteiger partial charge >= 0.3 is 0 Å². The van der Waals surface area contributed by atoms with E-state index >= 15 is 0 Å². The van der Waals surface area contributed by atoms with Crippen molar-refractivity contribution >= 4 is 16.9 Å². The molecule has 0 radical (unpaired) electrons. The van der Waals surface area contributed by atoms with E-state index in [1.165, 1.54) is 0 Å². The first kappa shape index (κ1) is 8.43. The van der Waals surface area contributed by atoms with Crippen LogP contribution in [0.15, 0.2) is 0 Å². The maximum absolute atomic E-state index is 2.46. The van der Waals surface area contributed by atoms with Gasteiger partial charge in [-0.05, 0) is 0 Å². The normalized spacial score (nSPS) is 12.8. The number of hydrogen-bond donors (Lipinski definition) is 0. The Morgan fingerprint density at radius 2 is 1.50 bits per heavy atom. The molecule has 0 fully saturated rings. The average molecular weight is 146 g/mol. The summed E-state index contributed by atoms with van der Waals surface area (Å²) in [7, 11) is -0.892. The first-order valence-corrected chi connectivity index (χ1v) is 10.2. The Morgan fingerprint density at radius 1 is 1.12 bits per heavy atom. The Bertz CT molecular complexity index is 61.4. The molecule has 0 aromatic heterocycles. The monoisotopic (exact) mass is 146 g/mol. The number of rotatable bonds is 2. The molecule has 0 N–H and O–H groups in total. The van der Waals surface area contributed by atoms with Crippen molar-refractivity contribution in [2.45, 2.75) is 38.4 Å². The minimum absolute atomic E-state index is 0.234. The molecule has 0 aromatic carbocycles. The van der Waals surface area contributed by atoms with E-state index in [1.807, 2.05) is 0 Å². The van der Waals surface area contributed by atoms with Crippen molar-refractivity contribution < 1.29 is 0 Å². The Kier molecular flexibility index (Phi) is 2.98. The van der Waals surface area contributed by atoms with E-state index in [9.17, 15) is 0 Å². The van der Waals surface area contributed by atoms with Crippen LogP contribution in [0.25, 0.3) is 0 Å². The van der Waals surface area contributed by atoms with Gasteiger partial charge in [0, 0.05) is 16.9 Å². The summed E-state index contributed by atoms with van der Waals surface area (Å²) in [6.07, 6.45) is 0. The van der Waals surface area contributed by atoms with Crippen LogP contribution in [-0.2, 0) is 0 Å². The van der Waals surface area contributed by atoms with E-state index < -0.39 is 8.07 Å². The van der Waals surface area contributed by atoms with E-state index in [0.29, 0.717) is 0 Å². The van der Waals surface area contributed by atoms with Crippen LogP contribution in [-0.4, -0.2) is 16.9 Å². The van der Waals surface area contributed by atoms with E-state index in [1.54, 1.807) is 5.67 Å². The fourth-order valence-corrected chi connectivity index (χ4v) is 11.0. The topological polar surface area (TPSA) is 0 Å². The Morgan fingerprint density at radius 3 is 1.50 bits per heavy atom. The van der Waals surface area contributed by atoms with Crippen LogP contribution in [0.1, 0.15) is 0 Å². The second kappa shape index (κ2) is 2.83. The molecule has 0 saturated heterocycles. The molecule has 8 heavy (non-hydrogen) atoms. The van der Waals surface area contributed by atoms with Crippen molar-refractivity contribution in [1.82, 2.24) is 0 Å². The predicted octanol–water partition coefficient (Wildman–Crippen LogP) is 2.35. The van der Waals surface area contributed by atoms with Gasteiger partial charge in [0.05, 0.1) is 0 Å². The molecule has 0 aliphatic rings. The molecule has 0 unspecified atom stereocenters. The van der Waals surface area contributed by atoms with Crippen molar-refractivity contribution in [1.29, 1.82) is 0 Å². The maximum atomic E-state index is 2.46. The maximum Gasteiger partial charge on any atom is 0.0413 e. The van der Waals surface area contributed by atoms with Crippen LogP contribution in [0.3, 0.4) is 0 Å². The van der Waals surface area contributed by atoms with Gasteiger partial charge in [-0.25, -0.2) is 0 Å². The van der Waals surface area contributed by atoms with Crippen LogP contribution in [0.5, 0.6) is 0 Å². The molecule has 0 heterocycles. The SMILES string of the molecule is C[SiH](C)C[Si](C)(C)C. The van der Waals surface area contributed by atoms with Gasteiger partial charge in [0.2, 0.25) is 0 Å². The summed E-state index contributed by atoms with van der Waals surface area (Å²) < 4.78 is 0. The molecule has 0 atom stereocenters. The summed E-state index contributed by atoms with van der Waals surface area (Å²) in [6.45, 7) is 12.3. The largest absolute Gasteiger partial charge is 0.0724 e. The second-order valence-corrected chi connectivity index (χ2v) is 13.7. The van der Waals surface area contributed by atoms with Crippen LogP contribution in [0.4, 0.5) is 0 Å². The van der Waals surface area contributed by atoms with Gasteiger partial charge in [-0.2, -0.15) is 0 Å². The third-order valence-corrected chi connectivity index (χ3v) is 9.19. The highest BCUT2D eigenvalue weighted by Gasteiger charge is 2.14. The first-order valence-electron chi connectivity index (χ1n) is 3.42. The van der Waals surface area contributed by atoms with Gasteiger partial charge in [-0.3, -0.25) is 0 Å². The lowest BCUT2D eigenvalue weighted by Crippen LogP contribution is -2.25. The molecule has 0 amide bonds. The Hall–Kier alpha value is 0.434. The van der Waals surface area contributed by atoms with Crippen molar-refractivity contribution in [3.63, 3.8) is 0 Å². The van der Waals surface area contributed by atoms with Crippen LogP contribution in [0.2, 0.25) is 38.4 Å². The number of hydrogen-bond acceptors (Lipinski definition) is 0. The zero-order chi connectivity index (χ0) is 6.78. The highest BCUT2D eigenvalue weighted by Crippen LogP contribution is 2.09. The fourth-order valence-electron chi connectivity index (χ4n) is 1.22. The van der Waals surface area contributed by atoms with Crippen LogP contribution < -0.4 is 0 Å². The van der Waals surface area contributed by atoms with Crippen molar-refractivity contribution in [2.24, 2.45) is 0 Å². The van der Waals surface area contributed by atoms with E-state index in [0.717, 1.165) is 0 Å². The third kappa shape index (κ3) is 6.43. The summed E-state index contributed by atoms with van der Waals surface area (Å²) in [4.78, 5) is 0. The van der Waals surface area contributed by atoms with E-state index in [-0.39, 0.29) is 8.80 Å². The van der Waals surface area contributed by atoms with Gasteiger partial charge in [-0.15, -0.1) is 0 Å². The zero-order valence-corrected chi connectivity index (χ0v) is 8.94. The molecular formula is C6H18Si2. The molecule has 0 nitrogen and oxygen atoms in total. The molecule has 2 heteroatoms.